The molecule has 1 N–H and O–H groups in total. The predicted octanol–water partition coefficient (Wildman–Crippen LogP) is 2.56. The van der Waals surface area contributed by atoms with E-state index >= 15 is 0 Å². The fourth-order valence-corrected chi connectivity index (χ4v) is 3.12. The second kappa shape index (κ2) is 5.69. The van der Waals surface area contributed by atoms with E-state index in [9.17, 15) is 9.59 Å². The molecule has 0 radical (unpaired) electrons. The first kappa shape index (κ1) is 13.8. The van der Waals surface area contributed by atoms with Crippen molar-refractivity contribution in [3.63, 3.8) is 0 Å². The number of nitrogens with zero attached hydrogens (tertiary/aromatic N) is 1. The number of nitrogens with one attached hydrogen (secondary N) is 1. The summed E-state index contributed by atoms with van der Waals surface area (Å²) in [7, 11) is 1.81. The number of benzene rings is 1. The summed E-state index contributed by atoms with van der Waals surface area (Å²) in [6.45, 7) is 0.688. The van der Waals surface area contributed by atoms with Gasteiger partial charge >= 0.3 is 0 Å². The molecule has 108 valence electrons. The van der Waals surface area contributed by atoms with E-state index in [1.165, 1.54) is 4.88 Å². The van der Waals surface area contributed by atoms with E-state index in [-0.39, 0.29) is 11.8 Å². The smallest absolute Gasteiger partial charge is 0.253 e. The zero-order chi connectivity index (χ0) is 14.8. The van der Waals surface area contributed by atoms with Crippen LogP contribution in [0.15, 0.2) is 35.7 Å². The number of hydrogen-bond acceptors (Lipinski definition) is 3. The molecule has 2 amide bonds. The summed E-state index contributed by atoms with van der Waals surface area (Å²) in [5, 5.41) is 4.82. The summed E-state index contributed by atoms with van der Waals surface area (Å²) in [6, 6.07) is 9.49. The number of amides is 2. The van der Waals surface area contributed by atoms with E-state index in [1.807, 2.05) is 24.6 Å². The Morgan fingerprint density at radius 1 is 1.38 bits per heavy atom. The van der Waals surface area contributed by atoms with Crippen molar-refractivity contribution in [3.05, 3.63) is 51.7 Å². The molecule has 2 aromatic rings. The minimum absolute atomic E-state index is 0.00583. The molecule has 1 aliphatic rings. The van der Waals surface area contributed by atoms with Crippen molar-refractivity contribution in [2.24, 2.45) is 0 Å². The van der Waals surface area contributed by atoms with Gasteiger partial charge in [0.25, 0.3) is 5.91 Å². The summed E-state index contributed by atoms with van der Waals surface area (Å²) < 4.78 is 0. The fourth-order valence-electron chi connectivity index (χ4n) is 2.42. The lowest BCUT2D eigenvalue weighted by Crippen LogP contribution is -2.28. The topological polar surface area (TPSA) is 49.4 Å². The molecule has 1 aromatic heterocycles. The first-order valence-corrected chi connectivity index (χ1v) is 7.72. The van der Waals surface area contributed by atoms with Gasteiger partial charge in [0.15, 0.2) is 0 Å². The number of thiophene rings is 1. The van der Waals surface area contributed by atoms with E-state index in [1.54, 1.807) is 28.4 Å². The van der Waals surface area contributed by atoms with Crippen LogP contribution in [0, 0.1) is 0 Å². The number of fused-ring (bicyclic) bond motifs is 1. The highest BCUT2D eigenvalue weighted by molar-refractivity contribution is 7.09. The molecular formula is C16H16N2O2S. The first-order valence-electron chi connectivity index (χ1n) is 6.84. The summed E-state index contributed by atoms with van der Waals surface area (Å²) in [5.74, 6) is -0.0191. The molecule has 0 saturated carbocycles. The molecule has 0 unspecified atom stereocenters. The Labute approximate surface area is 127 Å². The second-order valence-electron chi connectivity index (χ2n) is 5.15. The van der Waals surface area contributed by atoms with Gasteiger partial charge in [0.1, 0.15) is 0 Å². The average Bonchev–Trinajstić information content (AvgIpc) is 3.10. The van der Waals surface area contributed by atoms with Gasteiger partial charge in [-0.1, -0.05) is 6.07 Å². The van der Waals surface area contributed by atoms with Crippen molar-refractivity contribution < 1.29 is 9.59 Å². The number of likely N-dealkylation sites (N-methyl/N-ethyl adjacent to an activating group) is 1. The average molecular weight is 300 g/mol. The van der Waals surface area contributed by atoms with Crippen molar-refractivity contribution in [3.8, 4) is 0 Å². The zero-order valence-electron chi connectivity index (χ0n) is 11.8. The third kappa shape index (κ3) is 2.97. The Hall–Kier alpha value is -2.14. The van der Waals surface area contributed by atoms with E-state index in [0.717, 1.165) is 17.7 Å². The van der Waals surface area contributed by atoms with Crippen LogP contribution in [0.5, 0.6) is 0 Å². The van der Waals surface area contributed by atoms with Gasteiger partial charge in [-0.15, -0.1) is 11.3 Å². The molecule has 0 fully saturated rings. The molecule has 5 heteroatoms. The second-order valence-corrected chi connectivity index (χ2v) is 6.19. The lowest BCUT2D eigenvalue weighted by atomic mass is 10.1. The van der Waals surface area contributed by atoms with Gasteiger partial charge in [0.2, 0.25) is 5.91 Å². The minimum Gasteiger partial charge on any atom is -0.341 e. The molecule has 0 saturated heterocycles. The van der Waals surface area contributed by atoms with Crippen LogP contribution in [-0.4, -0.2) is 30.3 Å². The van der Waals surface area contributed by atoms with Gasteiger partial charge in [-0.3, -0.25) is 9.59 Å². The largest absolute Gasteiger partial charge is 0.341 e. The van der Waals surface area contributed by atoms with E-state index in [0.29, 0.717) is 18.5 Å². The predicted molar refractivity (Wildman–Crippen MR) is 83.8 cm³/mol. The third-order valence-corrected chi connectivity index (χ3v) is 4.53. The summed E-state index contributed by atoms with van der Waals surface area (Å²) in [5.41, 5.74) is 2.36. The molecule has 0 spiro atoms. The molecule has 2 heterocycles. The maximum atomic E-state index is 12.4. The van der Waals surface area contributed by atoms with Gasteiger partial charge < -0.3 is 10.2 Å². The normalized spacial score (nSPS) is 12.9. The summed E-state index contributed by atoms with van der Waals surface area (Å²) in [6.07, 6.45) is 1.22. The molecular weight excluding hydrogens is 284 g/mol. The number of carbonyl (C=O) groups is 2. The van der Waals surface area contributed by atoms with Crippen LogP contribution < -0.4 is 5.32 Å². The molecule has 0 atom stereocenters. The van der Waals surface area contributed by atoms with Gasteiger partial charge in [-0.2, -0.15) is 0 Å². The fraction of sp³-hybridized carbons (Fsp3) is 0.250. The Kier molecular flexibility index (Phi) is 3.75. The van der Waals surface area contributed by atoms with Gasteiger partial charge in [0.05, 0.1) is 6.42 Å². The molecule has 1 aliphatic heterocycles. The van der Waals surface area contributed by atoms with Gasteiger partial charge in [0, 0.05) is 29.7 Å². The molecule has 21 heavy (non-hydrogen) atoms. The van der Waals surface area contributed by atoms with Gasteiger partial charge in [-0.25, -0.2) is 0 Å². The lowest BCUT2D eigenvalue weighted by Gasteiger charge is -2.17. The van der Waals surface area contributed by atoms with E-state index in [4.69, 9.17) is 0 Å². The van der Waals surface area contributed by atoms with Crippen LogP contribution in [-0.2, 0) is 17.6 Å². The maximum absolute atomic E-state index is 12.4. The van der Waals surface area contributed by atoms with Crippen molar-refractivity contribution in [2.75, 3.05) is 18.9 Å². The quantitative estimate of drug-likeness (QED) is 0.943. The molecule has 0 aliphatic carbocycles. The summed E-state index contributed by atoms with van der Waals surface area (Å²) >= 11 is 1.71. The lowest BCUT2D eigenvalue weighted by molar-refractivity contribution is -0.115. The van der Waals surface area contributed by atoms with E-state index < -0.39 is 0 Å². The zero-order valence-corrected chi connectivity index (χ0v) is 12.6. The molecule has 4 nitrogen and oxygen atoms in total. The standard InChI is InChI=1S/C16H16N2O2S/c1-18(7-6-13-3-2-8-21-13)16(20)11-4-5-14-12(9-11)10-15(19)17-14/h2-5,8-9H,6-7,10H2,1H3,(H,17,19). The SMILES string of the molecule is CN(CCc1cccs1)C(=O)c1ccc2c(c1)CC(=O)N2. The van der Waals surface area contributed by atoms with Crippen LogP contribution in [0.2, 0.25) is 0 Å². The Morgan fingerprint density at radius 2 is 2.24 bits per heavy atom. The van der Waals surface area contributed by atoms with Crippen LogP contribution in [0.4, 0.5) is 5.69 Å². The third-order valence-electron chi connectivity index (χ3n) is 3.60. The highest BCUT2D eigenvalue weighted by Gasteiger charge is 2.20. The Balaban J connectivity index is 1.67. The molecule has 3 rings (SSSR count). The van der Waals surface area contributed by atoms with Crippen molar-refractivity contribution in [1.82, 2.24) is 4.90 Å². The van der Waals surface area contributed by atoms with Crippen molar-refractivity contribution in [2.45, 2.75) is 12.8 Å². The Morgan fingerprint density at radius 3 is 3.00 bits per heavy atom. The van der Waals surface area contributed by atoms with Crippen molar-refractivity contribution in [1.29, 1.82) is 0 Å². The minimum atomic E-state index is -0.0133. The number of hydrogen-bond donors (Lipinski definition) is 1. The number of anilines is 1. The number of carbonyl (C=O) groups excluding carboxylic acids is 2. The molecule has 0 bridgehead atoms. The highest BCUT2D eigenvalue weighted by Crippen LogP contribution is 2.24. The van der Waals surface area contributed by atoms with Gasteiger partial charge in [-0.05, 0) is 41.6 Å². The monoisotopic (exact) mass is 300 g/mol. The van der Waals surface area contributed by atoms with E-state index in [2.05, 4.69) is 11.4 Å². The van der Waals surface area contributed by atoms with Crippen molar-refractivity contribution >= 4 is 28.8 Å². The Bertz CT molecular complexity index is 680. The number of rotatable bonds is 4. The van der Waals surface area contributed by atoms with Crippen LogP contribution >= 0.6 is 11.3 Å². The molecule has 1 aromatic carbocycles. The first-order chi connectivity index (χ1) is 10.1. The van der Waals surface area contributed by atoms with Crippen LogP contribution in [0.1, 0.15) is 20.8 Å². The van der Waals surface area contributed by atoms with Crippen LogP contribution in [0.3, 0.4) is 0 Å². The van der Waals surface area contributed by atoms with Crippen LogP contribution in [0.25, 0.3) is 0 Å². The highest BCUT2D eigenvalue weighted by atomic mass is 32.1. The maximum Gasteiger partial charge on any atom is 0.253 e. The summed E-state index contributed by atoms with van der Waals surface area (Å²) in [4.78, 5) is 26.8.